The summed E-state index contributed by atoms with van der Waals surface area (Å²) in [5.41, 5.74) is 1.49. The predicted molar refractivity (Wildman–Crippen MR) is 77.9 cm³/mol. The molecule has 20 heavy (non-hydrogen) atoms. The van der Waals surface area contributed by atoms with Crippen molar-refractivity contribution in [3.8, 4) is 0 Å². The predicted octanol–water partition coefficient (Wildman–Crippen LogP) is 2.77. The van der Waals surface area contributed by atoms with Crippen molar-refractivity contribution in [1.29, 1.82) is 0 Å². The summed E-state index contributed by atoms with van der Waals surface area (Å²) in [6.45, 7) is 0.848. The Morgan fingerprint density at radius 2 is 2.05 bits per heavy atom. The lowest BCUT2D eigenvalue weighted by molar-refractivity contribution is 0.0328. The molecular formula is C16H23NO3. The normalized spacial score (nSPS) is 22.9. The molecule has 2 atom stereocenters. The summed E-state index contributed by atoms with van der Waals surface area (Å²) < 4.78 is 5.47. The highest BCUT2D eigenvalue weighted by molar-refractivity contribution is 5.87. The molecular weight excluding hydrogens is 254 g/mol. The average Bonchev–Trinajstić information content (AvgIpc) is 2.47. The summed E-state index contributed by atoms with van der Waals surface area (Å²) in [5.74, 6) is -0.875. The summed E-state index contributed by atoms with van der Waals surface area (Å²) in [6.07, 6.45) is 5.05. The van der Waals surface area contributed by atoms with E-state index in [4.69, 9.17) is 9.84 Å². The van der Waals surface area contributed by atoms with Crippen LogP contribution in [0.3, 0.4) is 0 Å². The molecule has 2 rings (SSSR count). The van der Waals surface area contributed by atoms with Crippen LogP contribution in [0.2, 0.25) is 0 Å². The fourth-order valence-corrected chi connectivity index (χ4v) is 2.90. The SMILES string of the molecule is COC1CCCC(N(C)Cc2ccc(C(=O)O)cc2)C1. The Balaban J connectivity index is 1.93. The number of hydrogen-bond acceptors (Lipinski definition) is 3. The van der Waals surface area contributed by atoms with Gasteiger partial charge >= 0.3 is 5.97 Å². The van der Waals surface area contributed by atoms with E-state index in [0.29, 0.717) is 17.7 Å². The van der Waals surface area contributed by atoms with Crippen LogP contribution < -0.4 is 0 Å². The molecule has 4 nitrogen and oxygen atoms in total. The molecule has 1 aliphatic rings. The Morgan fingerprint density at radius 1 is 1.35 bits per heavy atom. The fraction of sp³-hybridized carbons (Fsp3) is 0.562. The van der Waals surface area contributed by atoms with Gasteiger partial charge in [-0.2, -0.15) is 0 Å². The van der Waals surface area contributed by atoms with Gasteiger partial charge in [0.15, 0.2) is 0 Å². The van der Waals surface area contributed by atoms with Gasteiger partial charge in [0.1, 0.15) is 0 Å². The topological polar surface area (TPSA) is 49.8 Å². The molecule has 0 aliphatic heterocycles. The second-order valence-corrected chi connectivity index (χ2v) is 5.60. The first kappa shape index (κ1) is 15.0. The summed E-state index contributed by atoms with van der Waals surface area (Å²) in [5, 5.41) is 8.89. The van der Waals surface area contributed by atoms with E-state index in [1.807, 2.05) is 12.1 Å². The number of carboxylic acids is 1. The van der Waals surface area contributed by atoms with E-state index in [0.717, 1.165) is 24.9 Å². The minimum absolute atomic E-state index is 0.341. The smallest absolute Gasteiger partial charge is 0.335 e. The van der Waals surface area contributed by atoms with E-state index in [-0.39, 0.29) is 0 Å². The molecule has 0 spiro atoms. The summed E-state index contributed by atoms with van der Waals surface area (Å²) in [6, 6.07) is 7.69. The summed E-state index contributed by atoms with van der Waals surface area (Å²) in [7, 11) is 3.92. The minimum atomic E-state index is -0.875. The number of rotatable bonds is 5. The van der Waals surface area contributed by atoms with Crippen molar-refractivity contribution >= 4 is 5.97 Å². The van der Waals surface area contributed by atoms with Gasteiger partial charge in [0.25, 0.3) is 0 Å². The van der Waals surface area contributed by atoms with Crippen LogP contribution in [0.15, 0.2) is 24.3 Å². The fourth-order valence-electron chi connectivity index (χ4n) is 2.90. The van der Waals surface area contributed by atoms with Crippen molar-refractivity contribution in [2.24, 2.45) is 0 Å². The highest BCUT2D eigenvalue weighted by atomic mass is 16.5. The van der Waals surface area contributed by atoms with E-state index in [1.165, 1.54) is 12.8 Å². The molecule has 110 valence electrons. The van der Waals surface area contributed by atoms with Gasteiger partial charge in [-0.25, -0.2) is 4.79 Å². The van der Waals surface area contributed by atoms with Crippen LogP contribution in [-0.4, -0.2) is 42.3 Å². The molecule has 1 N–H and O–H groups in total. The van der Waals surface area contributed by atoms with Crippen molar-refractivity contribution in [2.45, 2.75) is 44.4 Å². The molecule has 0 radical (unpaired) electrons. The first-order valence-corrected chi connectivity index (χ1v) is 7.15. The third-order valence-electron chi connectivity index (χ3n) is 4.19. The second kappa shape index (κ2) is 6.86. The Labute approximate surface area is 120 Å². The number of carbonyl (C=O) groups is 1. The number of ether oxygens (including phenoxy) is 1. The summed E-state index contributed by atoms with van der Waals surface area (Å²) in [4.78, 5) is 13.2. The average molecular weight is 277 g/mol. The lowest BCUT2D eigenvalue weighted by Crippen LogP contribution is -2.37. The zero-order valence-corrected chi connectivity index (χ0v) is 12.2. The van der Waals surface area contributed by atoms with Gasteiger partial charge in [-0.3, -0.25) is 4.90 Å². The van der Waals surface area contributed by atoms with E-state index < -0.39 is 5.97 Å². The van der Waals surface area contributed by atoms with Gasteiger partial charge in [0.2, 0.25) is 0 Å². The monoisotopic (exact) mass is 277 g/mol. The van der Waals surface area contributed by atoms with E-state index in [1.54, 1.807) is 19.2 Å². The van der Waals surface area contributed by atoms with E-state index in [9.17, 15) is 4.79 Å². The molecule has 1 fully saturated rings. The van der Waals surface area contributed by atoms with Crippen LogP contribution in [0.4, 0.5) is 0 Å². The van der Waals surface area contributed by atoms with E-state index >= 15 is 0 Å². The molecule has 0 bridgehead atoms. The molecule has 0 saturated heterocycles. The van der Waals surface area contributed by atoms with Crippen LogP contribution in [0.25, 0.3) is 0 Å². The van der Waals surface area contributed by atoms with Crippen molar-refractivity contribution in [1.82, 2.24) is 4.90 Å². The molecule has 0 amide bonds. The molecule has 1 saturated carbocycles. The minimum Gasteiger partial charge on any atom is -0.478 e. The van der Waals surface area contributed by atoms with Gasteiger partial charge in [-0.15, -0.1) is 0 Å². The molecule has 1 aromatic rings. The quantitative estimate of drug-likeness (QED) is 0.899. The lowest BCUT2D eigenvalue weighted by Gasteiger charge is -2.34. The van der Waals surface area contributed by atoms with Gasteiger partial charge in [0, 0.05) is 19.7 Å². The van der Waals surface area contributed by atoms with Gasteiger partial charge in [0.05, 0.1) is 11.7 Å². The molecule has 1 aliphatic carbocycles. The number of carboxylic acid groups (broad SMARTS) is 1. The van der Waals surface area contributed by atoms with Crippen LogP contribution >= 0.6 is 0 Å². The van der Waals surface area contributed by atoms with Crippen LogP contribution in [0.5, 0.6) is 0 Å². The highest BCUT2D eigenvalue weighted by Crippen LogP contribution is 2.25. The number of hydrogen-bond donors (Lipinski definition) is 1. The number of benzene rings is 1. The van der Waals surface area contributed by atoms with Gasteiger partial charge < -0.3 is 9.84 Å². The maximum absolute atomic E-state index is 10.8. The van der Waals surface area contributed by atoms with Crippen molar-refractivity contribution in [3.63, 3.8) is 0 Å². The van der Waals surface area contributed by atoms with Crippen LogP contribution in [0, 0.1) is 0 Å². The Hall–Kier alpha value is -1.39. The Kier molecular flexibility index (Phi) is 5.15. The zero-order chi connectivity index (χ0) is 14.5. The third-order valence-corrected chi connectivity index (χ3v) is 4.19. The summed E-state index contributed by atoms with van der Waals surface area (Å²) >= 11 is 0. The first-order valence-electron chi connectivity index (χ1n) is 7.15. The van der Waals surface area contributed by atoms with Crippen molar-refractivity contribution in [3.05, 3.63) is 35.4 Å². The first-order chi connectivity index (χ1) is 9.60. The van der Waals surface area contributed by atoms with Crippen molar-refractivity contribution in [2.75, 3.05) is 14.2 Å². The highest BCUT2D eigenvalue weighted by Gasteiger charge is 2.24. The zero-order valence-electron chi connectivity index (χ0n) is 12.2. The number of nitrogens with zero attached hydrogens (tertiary/aromatic N) is 1. The molecule has 2 unspecified atom stereocenters. The number of methoxy groups -OCH3 is 1. The van der Waals surface area contributed by atoms with Gasteiger partial charge in [-0.05, 0) is 50.4 Å². The van der Waals surface area contributed by atoms with E-state index in [2.05, 4.69) is 11.9 Å². The van der Waals surface area contributed by atoms with Crippen molar-refractivity contribution < 1.29 is 14.6 Å². The third kappa shape index (κ3) is 3.81. The van der Waals surface area contributed by atoms with Crippen LogP contribution in [-0.2, 0) is 11.3 Å². The second-order valence-electron chi connectivity index (χ2n) is 5.60. The lowest BCUT2D eigenvalue weighted by atomic mass is 9.91. The number of aromatic carboxylic acids is 1. The maximum Gasteiger partial charge on any atom is 0.335 e. The molecule has 4 heteroatoms. The maximum atomic E-state index is 10.8. The standard InChI is InChI=1S/C16H23NO3/c1-17(14-4-3-5-15(10-14)20-2)11-12-6-8-13(9-7-12)16(18)19/h6-9,14-15H,3-5,10-11H2,1-2H3,(H,18,19). The Morgan fingerprint density at radius 3 is 2.65 bits per heavy atom. The van der Waals surface area contributed by atoms with Gasteiger partial charge in [-0.1, -0.05) is 12.1 Å². The Bertz CT molecular complexity index is 444. The molecule has 1 aromatic carbocycles. The largest absolute Gasteiger partial charge is 0.478 e. The van der Waals surface area contributed by atoms with Crippen LogP contribution in [0.1, 0.15) is 41.6 Å². The molecule has 0 heterocycles. The molecule has 0 aromatic heterocycles.